The number of benzene rings is 2. The first-order valence-electron chi connectivity index (χ1n) is 8.83. The van der Waals surface area contributed by atoms with Crippen LogP contribution < -0.4 is 10.1 Å². The fourth-order valence-corrected chi connectivity index (χ4v) is 2.91. The number of hydrogen-bond donors (Lipinski definition) is 1. The summed E-state index contributed by atoms with van der Waals surface area (Å²) in [6.45, 7) is 5.82. The van der Waals surface area contributed by atoms with Crippen LogP contribution in [0.4, 0.5) is 5.69 Å². The second-order valence-corrected chi connectivity index (χ2v) is 6.49. The number of carbonyl (C=O) groups is 1. The SMILES string of the molecule is Cc1nc2cc(NC(=O)c3cccc(OCc4c(C)noc4C)c3)ccc2o1. The zero-order chi connectivity index (χ0) is 19.7. The number of aromatic nitrogens is 2. The molecule has 0 radical (unpaired) electrons. The first kappa shape index (κ1) is 17.8. The van der Waals surface area contributed by atoms with Gasteiger partial charge in [-0.15, -0.1) is 0 Å². The standard InChI is InChI=1S/C21H19N3O4/c1-12-18(13(2)28-24-12)11-26-17-6-4-5-15(9-17)21(25)23-16-7-8-20-19(10-16)22-14(3)27-20/h4-10H,11H2,1-3H3,(H,23,25). The minimum atomic E-state index is -0.234. The predicted octanol–water partition coefficient (Wildman–Crippen LogP) is 4.57. The molecule has 1 amide bonds. The highest BCUT2D eigenvalue weighted by atomic mass is 16.5. The maximum absolute atomic E-state index is 12.6. The molecule has 7 nitrogen and oxygen atoms in total. The van der Waals surface area contributed by atoms with E-state index in [1.165, 1.54) is 0 Å². The monoisotopic (exact) mass is 377 g/mol. The third-order valence-electron chi connectivity index (χ3n) is 4.41. The van der Waals surface area contributed by atoms with Crippen molar-refractivity contribution in [1.29, 1.82) is 0 Å². The molecule has 0 fully saturated rings. The molecule has 0 saturated carbocycles. The Kier molecular flexibility index (Phi) is 4.57. The van der Waals surface area contributed by atoms with Gasteiger partial charge in [-0.2, -0.15) is 0 Å². The lowest BCUT2D eigenvalue weighted by atomic mass is 10.2. The van der Waals surface area contributed by atoms with Crippen LogP contribution in [0, 0.1) is 20.8 Å². The maximum atomic E-state index is 12.6. The van der Waals surface area contributed by atoms with Crippen molar-refractivity contribution in [2.45, 2.75) is 27.4 Å². The number of oxazole rings is 1. The van der Waals surface area contributed by atoms with E-state index in [1.807, 2.05) is 13.8 Å². The number of carbonyl (C=O) groups excluding carboxylic acids is 1. The normalized spacial score (nSPS) is 11.0. The summed E-state index contributed by atoms with van der Waals surface area (Å²) in [4.78, 5) is 16.9. The summed E-state index contributed by atoms with van der Waals surface area (Å²) in [5.74, 6) is 1.67. The molecule has 28 heavy (non-hydrogen) atoms. The molecule has 2 aromatic carbocycles. The molecule has 0 aliphatic rings. The van der Waals surface area contributed by atoms with Gasteiger partial charge in [0.15, 0.2) is 11.5 Å². The van der Waals surface area contributed by atoms with Crippen LogP contribution in [-0.4, -0.2) is 16.0 Å². The number of hydrogen-bond acceptors (Lipinski definition) is 6. The van der Waals surface area contributed by atoms with Gasteiger partial charge in [-0.1, -0.05) is 11.2 Å². The van der Waals surface area contributed by atoms with E-state index in [0.29, 0.717) is 40.6 Å². The average Bonchev–Trinajstić information content (AvgIpc) is 3.21. The molecule has 0 bridgehead atoms. The summed E-state index contributed by atoms with van der Waals surface area (Å²) in [5, 5.41) is 6.79. The molecule has 2 heterocycles. The topological polar surface area (TPSA) is 90.4 Å². The Morgan fingerprint density at radius 3 is 2.79 bits per heavy atom. The number of fused-ring (bicyclic) bond motifs is 1. The number of nitrogens with zero attached hydrogens (tertiary/aromatic N) is 2. The molecular formula is C21H19N3O4. The van der Waals surface area contributed by atoms with Crippen molar-refractivity contribution in [3.05, 3.63) is 70.9 Å². The van der Waals surface area contributed by atoms with Crippen molar-refractivity contribution in [2.24, 2.45) is 0 Å². The predicted molar refractivity (Wildman–Crippen MR) is 103 cm³/mol. The zero-order valence-corrected chi connectivity index (χ0v) is 15.8. The van der Waals surface area contributed by atoms with E-state index in [0.717, 1.165) is 17.0 Å². The highest BCUT2D eigenvalue weighted by Crippen LogP contribution is 2.22. The van der Waals surface area contributed by atoms with Gasteiger partial charge in [0, 0.05) is 18.2 Å². The summed E-state index contributed by atoms with van der Waals surface area (Å²) < 4.78 is 16.4. The largest absolute Gasteiger partial charge is 0.489 e. The second-order valence-electron chi connectivity index (χ2n) is 6.49. The van der Waals surface area contributed by atoms with Crippen molar-refractivity contribution < 1.29 is 18.5 Å². The minimum Gasteiger partial charge on any atom is -0.489 e. The number of aryl methyl sites for hydroxylation is 3. The number of rotatable bonds is 5. The van der Waals surface area contributed by atoms with Crippen molar-refractivity contribution >= 4 is 22.7 Å². The molecule has 0 aliphatic heterocycles. The number of amides is 1. The van der Waals surface area contributed by atoms with Crippen LogP contribution >= 0.6 is 0 Å². The Balaban J connectivity index is 1.47. The van der Waals surface area contributed by atoms with E-state index >= 15 is 0 Å². The molecule has 142 valence electrons. The smallest absolute Gasteiger partial charge is 0.255 e. The molecule has 4 rings (SSSR count). The van der Waals surface area contributed by atoms with Crippen LogP contribution in [0.25, 0.3) is 11.1 Å². The molecule has 2 aromatic heterocycles. The van der Waals surface area contributed by atoms with E-state index in [9.17, 15) is 4.79 Å². The molecule has 0 atom stereocenters. The van der Waals surface area contributed by atoms with E-state index < -0.39 is 0 Å². The quantitative estimate of drug-likeness (QED) is 0.548. The van der Waals surface area contributed by atoms with Gasteiger partial charge >= 0.3 is 0 Å². The van der Waals surface area contributed by atoms with Crippen LogP contribution in [0.15, 0.2) is 51.4 Å². The molecule has 1 N–H and O–H groups in total. The first-order chi connectivity index (χ1) is 13.5. The summed E-state index contributed by atoms with van der Waals surface area (Å²) in [6.07, 6.45) is 0. The van der Waals surface area contributed by atoms with E-state index in [2.05, 4.69) is 15.5 Å². The lowest BCUT2D eigenvalue weighted by Crippen LogP contribution is -2.12. The van der Waals surface area contributed by atoms with E-state index in [-0.39, 0.29) is 5.91 Å². The maximum Gasteiger partial charge on any atom is 0.255 e. The molecule has 0 saturated heterocycles. The Morgan fingerprint density at radius 1 is 1.14 bits per heavy atom. The Morgan fingerprint density at radius 2 is 2.00 bits per heavy atom. The van der Waals surface area contributed by atoms with Gasteiger partial charge in [0.2, 0.25) is 0 Å². The number of ether oxygens (including phenoxy) is 1. The van der Waals surface area contributed by atoms with Crippen LogP contribution in [-0.2, 0) is 6.61 Å². The molecular weight excluding hydrogens is 358 g/mol. The van der Waals surface area contributed by atoms with E-state index in [4.69, 9.17) is 13.7 Å². The van der Waals surface area contributed by atoms with Crippen LogP contribution in [0.5, 0.6) is 5.75 Å². The Labute approximate surface area is 161 Å². The number of anilines is 1. The Bertz CT molecular complexity index is 1140. The van der Waals surface area contributed by atoms with Gasteiger partial charge < -0.3 is 19.0 Å². The van der Waals surface area contributed by atoms with Gasteiger partial charge in [-0.05, 0) is 50.2 Å². The summed E-state index contributed by atoms with van der Waals surface area (Å²) in [5.41, 5.74) is 4.23. The van der Waals surface area contributed by atoms with E-state index in [1.54, 1.807) is 49.4 Å². The van der Waals surface area contributed by atoms with Crippen LogP contribution in [0.1, 0.15) is 33.3 Å². The second kappa shape index (κ2) is 7.19. The van der Waals surface area contributed by atoms with Crippen molar-refractivity contribution in [3.8, 4) is 5.75 Å². The van der Waals surface area contributed by atoms with Crippen molar-refractivity contribution in [3.63, 3.8) is 0 Å². The third kappa shape index (κ3) is 3.59. The van der Waals surface area contributed by atoms with Crippen LogP contribution in [0.3, 0.4) is 0 Å². The minimum absolute atomic E-state index is 0.234. The van der Waals surface area contributed by atoms with Gasteiger partial charge in [-0.25, -0.2) is 4.98 Å². The molecule has 4 aromatic rings. The fourth-order valence-electron chi connectivity index (χ4n) is 2.91. The van der Waals surface area contributed by atoms with Gasteiger partial charge in [0.1, 0.15) is 23.6 Å². The van der Waals surface area contributed by atoms with Crippen molar-refractivity contribution in [2.75, 3.05) is 5.32 Å². The number of nitrogens with one attached hydrogen (secondary N) is 1. The molecule has 0 unspecified atom stereocenters. The summed E-state index contributed by atoms with van der Waals surface area (Å²) in [6, 6.07) is 12.4. The van der Waals surface area contributed by atoms with Crippen molar-refractivity contribution in [1.82, 2.24) is 10.1 Å². The summed E-state index contributed by atoms with van der Waals surface area (Å²) >= 11 is 0. The van der Waals surface area contributed by atoms with Gasteiger partial charge in [-0.3, -0.25) is 4.79 Å². The molecule has 0 aliphatic carbocycles. The average molecular weight is 377 g/mol. The third-order valence-corrected chi connectivity index (χ3v) is 4.41. The zero-order valence-electron chi connectivity index (χ0n) is 15.8. The van der Waals surface area contributed by atoms with Gasteiger partial charge in [0.05, 0.1) is 11.3 Å². The Hall–Kier alpha value is -3.61. The van der Waals surface area contributed by atoms with Gasteiger partial charge in [0.25, 0.3) is 5.91 Å². The summed E-state index contributed by atoms with van der Waals surface area (Å²) in [7, 11) is 0. The molecule has 7 heteroatoms. The first-order valence-corrected chi connectivity index (χ1v) is 8.83. The van der Waals surface area contributed by atoms with Crippen LogP contribution in [0.2, 0.25) is 0 Å². The highest BCUT2D eigenvalue weighted by Gasteiger charge is 2.12. The lowest BCUT2D eigenvalue weighted by molar-refractivity contribution is 0.102. The lowest BCUT2D eigenvalue weighted by Gasteiger charge is -2.09. The fraction of sp³-hybridized carbons (Fsp3) is 0.190. The molecule has 0 spiro atoms. The highest BCUT2D eigenvalue weighted by molar-refractivity contribution is 6.05.